The lowest BCUT2D eigenvalue weighted by Gasteiger charge is -1.90. The number of aryl methyl sites for hydroxylation is 1. The topological polar surface area (TPSA) is 62.5 Å². The molecule has 0 spiro atoms. The Kier molecular flexibility index (Phi) is 1.90. The van der Waals surface area contributed by atoms with Crippen molar-refractivity contribution in [2.75, 3.05) is 0 Å². The van der Waals surface area contributed by atoms with Gasteiger partial charge in [-0.2, -0.15) is 10.4 Å². The van der Waals surface area contributed by atoms with Crippen LogP contribution in [0.4, 0.5) is 0 Å². The SMILES string of the molecule is Cc1ncc(CC#N)nn1. The predicted octanol–water partition coefficient (Wildman–Crippen LogP) is 0.246. The van der Waals surface area contributed by atoms with E-state index in [-0.39, 0.29) is 6.42 Å². The summed E-state index contributed by atoms with van der Waals surface area (Å²) in [7, 11) is 0. The van der Waals surface area contributed by atoms with Crippen LogP contribution in [-0.2, 0) is 6.42 Å². The number of hydrogen-bond donors (Lipinski definition) is 0. The second-order valence-electron chi connectivity index (χ2n) is 1.83. The zero-order valence-electron chi connectivity index (χ0n) is 5.57. The van der Waals surface area contributed by atoms with Gasteiger partial charge < -0.3 is 0 Å². The molecule has 0 saturated heterocycles. The van der Waals surface area contributed by atoms with Crippen LogP contribution in [0.25, 0.3) is 0 Å². The summed E-state index contributed by atoms with van der Waals surface area (Å²) in [6.45, 7) is 1.75. The molecular weight excluding hydrogens is 128 g/mol. The quantitative estimate of drug-likeness (QED) is 0.552. The molecule has 0 saturated carbocycles. The van der Waals surface area contributed by atoms with Crippen LogP contribution < -0.4 is 0 Å². The Morgan fingerprint density at radius 3 is 2.90 bits per heavy atom. The Labute approximate surface area is 58.5 Å². The molecule has 0 aliphatic carbocycles. The second-order valence-corrected chi connectivity index (χ2v) is 1.83. The van der Waals surface area contributed by atoms with Gasteiger partial charge in [0.1, 0.15) is 5.82 Å². The highest BCUT2D eigenvalue weighted by Crippen LogP contribution is 1.89. The first-order chi connectivity index (χ1) is 4.83. The molecule has 0 aromatic carbocycles. The van der Waals surface area contributed by atoms with E-state index in [1.165, 1.54) is 0 Å². The van der Waals surface area contributed by atoms with Crippen molar-refractivity contribution in [3.05, 3.63) is 17.7 Å². The lowest BCUT2D eigenvalue weighted by molar-refractivity contribution is 0.858. The molecule has 1 aromatic rings. The number of nitrogens with zero attached hydrogens (tertiary/aromatic N) is 4. The van der Waals surface area contributed by atoms with Crippen molar-refractivity contribution >= 4 is 0 Å². The first-order valence-electron chi connectivity index (χ1n) is 2.85. The first kappa shape index (κ1) is 6.62. The highest BCUT2D eigenvalue weighted by atomic mass is 15.1. The van der Waals surface area contributed by atoms with Crippen LogP contribution >= 0.6 is 0 Å². The third-order valence-electron chi connectivity index (χ3n) is 0.984. The van der Waals surface area contributed by atoms with Gasteiger partial charge in [0.15, 0.2) is 0 Å². The molecule has 10 heavy (non-hydrogen) atoms. The van der Waals surface area contributed by atoms with Crippen LogP contribution in [0.5, 0.6) is 0 Å². The van der Waals surface area contributed by atoms with Gasteiger partial charge in [-0.1, -0.05) is 0 Å². The number of rotatable bonds is 1. The third kappa shape index (κ3) is 1.49. The molecule has 1 heterocycles. The zero-order valence-corrected chi connectivity index (χ0v) is 5.57. The minimum atomic E-state index is 0.278. The molecule has 0 N–H and O–H groups in total. The predicted molar refractivity (Wildman–Crippen MR) is 33.9 cm³/mol. The van der Waals surface area contributed by atoms with Crippen LogP contribution in [0.15, 0.2) is 6.20 Å². The van der Waals surface area contributed by atoms with Crippen LogP contribution in [0.1, 0.15) is 11.5 Å². The molecule has 0 radical (unpaired) electrons. The van der Waals surface area contributed by atoms with E-state index in [1.807, 2.05) is 6.07 Å². The maximum Gasteiger partial charge on any atom is 0.147 e. The molecule has 4 nitrogen and oxygen atoms in total. The summed E-state index contributed by atoms with van der Waals surface area (Å²) in [4.78, 5) is 3.87. The minimum absolute atomic E-state index is 0.278. The van der Waals surface area contributed by atoms with Gasteiger partial charge in [-0.15, -0.1) is 5.10 Å². The van der Waals surface area contributed by atoms with E-state index in [9.17, 15) is 0 Å². The van der Waals surface area contributed by atoms with Gasteiger partial charge in [-0.25, -0.2) is 4.98 Å². The fraction of sp³-hybridized carbons (Fsp3) is 0.333. The normalized spacial score (nSPS) is 8.80. The highest BCUT2D eigenvalue weighted by molar-refractivity contribution is 5.00. The number of nitriles is 1. The smallest absolute Gasteiger partial charge is 0.147 e. The average molecular weight is 134 g/mol. The van der Waals surface area contributed by atoms with Crippen LogP contribution in [-0.4, -0.2) is 15.2 Å². The molecule has 0 bridgehead atoms. The zero-order chi connectivity index (χ0) is 7.40. The van der Waals surface area contributed by atoms with E-state index in [0.29, 0.717) is 11.5 Å². The van der Waals surface area contributed by atoms with Crippen LogP contribution in [0.2, 0.25) is 0 Å². The van der Waals surface area contributed by atoms with Crippen molar-refractivity contribution in [2.24, 2.45) is 0 Å². The number of aromatic nitrogens is 3. The van der Waals surface area contributed by atoms with Crippen LogP contribution in [0.3, 0.4) is 0 Å². The van der Waals surface area contributed by atoms with Gasteiger partial charge in [-0.3, -0.25) is 0 Å². The Bertz CT molecular complexity index is 245. The molecule has 1 aromatic heterocycles. The molecule has 50 valence electrons. The standard InChI is InChI=1S/C6H6N4/c1-5-8-4-6(2-3-7)10-9-5/h4H,2H2,1H3. The van der Waals surface area contributed by atoms with Gasteiger partial charge >= 0.3 is 0 Å². The minimum Gasteiger partial charge on any atom is -0.238 e. The average Bonchev–Trinajstić information content (AvgIpc) is 1.95. The molecule has 1 rings (SSSR count). The van der Waals surface area contributed by atoms with Crippen molar-refractivity contribution in [1.82, 2.24) is 15.2 Å². The van der Waals surface area contributed by atoms with Crippen molar-refractivity contribution in [2.45, 2.75) is 13.3 Å². The van der Waals surface area contributed by atoms with Crippen LogP contribution in [0, 0.1) is 18.3 Å². The summed E-state index contributed by atoms with van der Waals surface area (Å²) in [6, 6.07) is 1.96. The van der Waals surface area contributed by atoms with Crippen molar-refractivity contribution in [1.29, 1.82) is 5.26 Å². The van der Waals surface area contributed by atoms with Crippen molar-refractivity contribution < 1.29 is 0 Å². The molecule has 0 atom stereocenters. The number of hydrogen-bond acceptors (Lipinski definition) is 4. The lowest BCUT2D eigenvalue weighted by atomic mass is 10.4. The van der Waals surface area contributed by atoms with E-state index in [2.05, 4.69) is 15.2 Å². The maximum atomic E-state index is 8.24. The third-order valence-corrected chi connectivity index (χ3v) is 0.984. The summed E-state index contributed by atoms with van der Waals surface area (Å²) in [5.74, 6) is 0.627. The largest absolute Gasteiger partial charge is 0.238 e. The Balaban J connectivity index is 2.81. The molecule has 0 amide bonds. The second kappa shape index (κ2) is 2.87. The molecule has 0 aliphatic rings. The van der Waals surface area contributed by atoms with E-state index >= 15 is 0 Å². The molecule has 0 unspecified atom stereocenters. The molecule has 0 fully saturated rings. The van der Waals surface area contributed by atoms with E-state index in [4.69, 9.17) is 5.26 Å². The fourth-order valence-corrected chi connectivity index (χ4v) is 0.518. The van der Waals surface area contributed by atoms with E-state index in [0.717, 1.165) is 0 Å². The lowest BCUT2D eigenvalue weighted by Crippen LogP contribution is -1.95. The Morgan fingerprint density at radius 2 is 2.40 bits per heavy atom. The highest BCUT2D eigenvalue weighted by Gasteiger charge is 1.92. The van der Waals surface area contributed by atoms with Gasteiger partial charge in [0.05, 0.1) is 24.4 Å². The summed E-state index contributed by atoms with van der Waals surface area (Å²) in [5, 5.41) is 15.7. The van der Waals surface area contributed by atoms with Gasteiger partial charge in [-0.05, 0) is 6.92 Å². The molecular formula is C6H6N4. The summed E-state index contributed by atoms with van der Waals surface area (Å²) < 4.78 is 0. The summed E-state index contributed by atoms with van der Waals surface area (Å²) in [5.41, 5.74) is 0.619. The van der Waals surface area contributed by atoms with Gasteiger partial charge in [0.25, 0.3) is 0 Å². The summed E-state index contributed by atoms with van der Waals surface area (Å²) in [6.07, 6.45) is 1.84. The van der Waals surface area contributed by atoms with Crippen molar-refractivity contribution in [3.8, 4) is 6.07 Å². The molecule has 4 heteroatoms. The molecule has 0 aliphatic heterocycles. The Hall–Kier alpha value is -1.50. The first-order valence-corrected chi connectivity index (χ1v) is 2.85. The fourth-order valence-electron chi connectivity index (χ4n) is 0.518. The van der Waals surface area contributed by atoms with Gasteiger partial charge in [0, 0.05) is 0 Å². The van der Waals surface area contributed by atoms with E-state index < -0.39 is 0 Å². The van der Waals surface area contributed by atoms with E-state index in [1.54, 1.807) is 13.1 Å². The summed E-state index contributed by atoms with van der Waals surface area (Å²) >= 11 is 0. The Morgan fingerprint density at radius 1 is 1.60 bits per heavy atom. The monoisotopic (exact) mass is 134 g/mol. The van der Waals surface area contributed by atoms with Gasteiger partial charge in [0.2, 0.25) is 0 Å². The maximum absolute atomic E-state index is 8.24. The van der Waals surface area contributed by atoms with Crippen molar-refractivity contribution in [3.63, 3.8) is 0 Å².